The molecule has 118 valence electrons. The van der Waals surface area contributed by atoms with E-state index in [2.05, 4.69) is 4.98 Å². The second-order valence-electron chi connectivity index (χ2n) is 4.61. The first-order valence-electron chi connectivity index (χ1n) is 6.26. The summed E-state index contributed by atoms with van der Waals surface area (Å²) in [6, 6.07) is 4.10. The molecule has 0 saturated carbocycles. The fourth-order valence-electron chi connectivity index (χ4n) is 2.10. The van der Waals surface area contributed by atoms with Gasteiger partial charge < -0.3 is 4.98 Å². The van der Waals surface area contributed by atoms with E-state index in [0.29, 0.717) is 6.07 Å². The summed E-state index contributed by atoms with van der Waals surface area (Å²) in [4.78, 5) is 14.1. The number of aromatic amines is 1. The molecule has 0 saturated heterocycles. The first-order valence-corrected chi connectivity index (χ1v) is 7.41. The lowest BCUT2D eigenvalue weighted by Gasteiger charge is -2.06. The molecule has 0 radical (unpaired) electrons. The molecule has 3 aromatic rings. The highest BCUT2D eigenvalue weighted by molar-refractivity contribution is 7.85. The smallest absolute Gasteiger partial charge is 0.208 e. The summed E-state index contributed by atoms with van der Waals surface area (Å²) >= 11 is 0. The Hall–Kier alpha value is -2.48. The number of fused-ring (bicyclic) bond motifs is 1. The van der Waals surface area contributed by atoms with Crippen molar-refractivity contribution in [3.05, 3.63) is 70.0 Å². The monoisotopic (exact) mass is 341 g/mol. The molecule has 2 aromatic carbocycles. The van der Waals surface area contributed by atoms with Crippen LogP contribution in [-0.2, 0) is 10.8 Å². The molecule has 0 aliphatic heterocycles. The fraction of sp³-hybridized carbons (Fsp3) is 0. The number of hydrogen-bond acceptors (Lipinski definition) is 2. The number of rotatable bonds is 2. The van der Waals surface area contributed by atoms with Gasteiger partial charge in [0.15, 0.2) is 11.6 Å². The van der Waals surface area contributed by atoms with Crippen molar-refractivity contribution in [3.8, 4) is 0 Å². The molecule has 0 amide bonds. The molecule has 0 aliphatic rings. The maximum atomic E-state index is 13.8. The first kappa shape index (κ1) is 15.4. The Balaban J connectivity index is 2.22. The summed E-state index contributed by atoms with van der Waals surface area (Å²) in [5.41, 5.74) is -1.35. The standard InChI is InChI=1S/C15H7F4NO2S/c16-8-2-1-7(5-11(8)19)23(22)12-6-20-14-10(18)4-3-9(17)13(14)15(12)21/h1-6H,(H,20,21). The minimum atomic E-state index is -2.19. The molecule has 1 heterocycles. The third kappa shape index (κ3) is 2.55. The quantitative estimate of drug-likeness (QED) is 0.728. The molecule has 0 fully saturated rings. The Morgan fingerprint density at radius 1 is 0.870 bits per heavy atom. The van der Waals surface area contributed by atoms with Crippen molar-refractivity contribution in [1.29, 1.82) is 0 Å². The van der Waals surface area contributed by atoms with Gasteiger partial charge in [-0.05, 0) is 30.3 Å². The van der Waals surface area contributed by atoms with E-state index in [1.54, 1.807) is 0 Å². The van der Waals surface area contributed by atoms with Crippen LogP contribution in [0.3, 0.4) is 0 Å². The average molecular weight is 341 g/mol. The van der Waals surface area contributed by atoms with Gasteiger partial charge in [-0.2, -0.15) is 0 Å². The van der Waals surface area contributed by atoms with Crippen LogP contribution in [0.1, 0.15) is 0 Å². The highest BCUT2D eigenvalue weighted by Gasteiger charge is 2.18. The number of hydrogen-bond donors (Lipinski definition) is 1. The van der Waals surface area contributed by atoms with Crippen molar-refractivity contribution in [2.75, 3.05) is 0 Å². The van der Waals surface area contributed by atoms with Crippen LogP contribution in [0.15, 0.2) is 51.1 Å². The number of H-pyrrole nitrogens is 1. The second kappa shape index (κ2) is 5.62. The first-order chi connectivity index (χ1) is 10.9. The van der Waals surface area contributed by atoms with Crippen LogP contribution in [-0.4, -0.2) is 9.19 Å². The molecule has 0 aliphatic carbocycles. The summed E-state index contributed by atoms with van der Waals surface area (Å²) in [7, 11) is -2.19. The molecule has 0 bridgehead atoms. The van der Waals surface area contributed by atoms with Crippen LogP contribution in [0.4, 0.5) is 17.6 Å². The number of pyridine rings is 1. The van der Waals surface area contributed by atoms with Crippen molar-refractivity contribution < 1.29 is 21.8 Å². The molecule has 3 rings (SSSR count). The lowest BCUT2D eigenvalue weighted by atomic mass is 10.2. The average Bonchev–Trinajstić information content (AvgIpc) is 2.53. The predicted octanol–water partition coefficient (Wildman–Crippen LogP) is 3.25. The summed E-state index contributed by atoms with van der Waals surface area (Å²) < 4.78 is 65.9. The molecule has 1 unspecified atom stereocenters. The van der Waals surface area contributed by atoms with Gasteiger partial charge in [-0.25, -0.2) is 21.8 Å². The Kier molecular flexibility index (Phi) is 3.77. The van der Waals surface area contributed by atoms with E-state index in [0.717, 1.165) is 30.5 Å². The zero-order chi connectivity index (χ0) is 16.7. The van der Waals surface area contributed by atoms with Crippen LogP contribution >= 0.6 is 0 Å². The van der Waals surface area contributed by atoms with Gasteiger partial charge in [0, 0.05) is 11.1 Å². The van der Waals surface area contributed by atoms with Gasteiger partial charge in [0.25, 0.3) is 0 Å². The zero-order valence-corrected chi connectivity index (χ0v) is 12.0. The topological polar surface area (TPSA) is 49.9 Å². The lowest BCUT2D eigenvalue weighted by Crippen LogP contribution is -2.14. The van der Waals surface area contributed by atoms with E-state index in [4.69, 9.17) is 0 Å². The number of aromatic nitrogens is 1. The van der Waals surface area contributed by atoms with E-state index in [-0.39, 0.29) is 10.4 Å². The van der Waals surface area contributed by atoms with Gasteiger partial charge in [0.2, 0.25) is 5.43 Å². The largest absolute Gasteiger partial charge is 0.357 e. The SMILES string of the molecule is O=c1c(S(=O)c2ccc(F)c(F)c2)c[nH]c2c(F)ccc(F)c12. The van der Waals surface area contributed by atoms with Gasteiger partial charge in [-0.1, -0.05) is 0 Å². The van der Waals surface area contributed by atoms with Crippen molar-refractivity contribution >= 4 is 21.7 Å². The molecular formula is C15H7F4NO2S. The maximum Gasteiger partial charge on any atom is 0.208 e. The highest BCUT2D eigenvalue weighted by atomic mass is 32.2. The van der Waals surface area contributed by atoms with E-state index in [1.165, 1.54) is 0 Å². The van der Waals surface area contributed by atoms with E-state index < -0.39 is 49.8 Å². The third-order valence-corrected chi connectivity index (χ3v) is 4.59. The van der Waals surface area contributed by atoms with Gasteiger partial charge in [-0.15, -0.1) is 0 Å². The minimum absolute atomic E-state index is 0.175. The van der Waals surface area contributed by atoms with Gasteiger partial charge >= 0.3 is 0 Å². The molecule has 1 atom stereocenters. The summed E-state index contributed by atoms with van der Waals surface area (Å²) in [6.45, 7) is 0. The molecule has 1 aromatic heterocycles. The fourth-order valence-corrected chi connectivity index (χ4v) is 3.19. The van der Waals surface area contributed by atoms with Gasteiger partial charge in [0.05, 0.1) is 21.7 Å². The molecule has 3 nitrogen and oxygen atoms in total. The van der Waals surface area contributed by atoms with Gasteiger partial charge in [0.1, 0.15) is 16.5 Å². The van der Waals surface area contributed by atoms with Gasteiger partial charge in [-0.3, -0.25) is 4.79 Å². The van der Waals surface area contributed by atoms with Crippen LogP contribution in [0.2, 0.25) is 0 Å². The Morgan fingerprint density at radius 3 is 2.22 bits per heavy atom. The normalized spacial score (nSPS) is 12.5. The number of halogens is 4. The van der Waals surface area contributed by atoms with E-state index >= 15 is 0 Å². The lowest BCUT2D eigenvalue weighted by molar-refractivity contribution is 0.505. The summed E-state index contributed by atoms with van der Waals surface area (Å²) in [5, 5.41) is -0.585. The molecule has 0 spiro atoms. The number of benzene rings is 2. The molecule has 1 N–H and O–H groups in total. The zero-order valence-electron chi connectivity index (χ0n) is 11.2. The van der Waals surface area contributed by atoms with Crippen molar-refractivity contribution in [1.82, 2.24) is 4.98 Å². The Labute approximate surface area is 129 Å². The van der Waals surface area contributed by atoms with Crippen molar-refractivity contribution in [2.24, 2.45) is 0 Å². The van der Waals surface area contributed by atoms with E-state index in [9.17, 15) is 26.6 Å². The predicted molar refractivity (Wildman–Crippen MR) is 75.5 cm³/mol. The Morgan fingerprint density at radius 2 is 1.52 bits per heavy atom. The summed E-state index contributed by atoms with van der Waals surface area (Å²) in [5.74, 6) is -4.19. The van der Waals surface area contributed by atoms with E-state index in [1.807, 2.05) is 0 Å². The van der Waals surface area contributed by atoms with Crippen LogP contribution in [0.5, 0.6) is 0 Å². The molecule has 8 heteroatoms. The molecule has 23 heavy (non-hydrogen) atoms. The third-order valence-electron chi connectivity index (χ3n) is 3.21. The summed E-state index contributed by atoms with van der Waals surface area (Å²) in [6.07, 6.45) is 0.963. The second-order valence-corrected chi connectivity index (χ2v) is 6.05. The van der Waals surface area contributed by atoms with Crippen molar-refractivity contribution in [2.45, 2.75) is 9.79 Å². The van der Waals surface area contributed by atoms with Crippen LogP contribution in [0.25, 0.3) is 10.9 Å². The van der Waals surface area contributed by atoms with Crippen LogP contribution < -0.4 is 5.43 Å². The highest BCUT2D eigenvalue weighted by Crippen LogP contribution is 2.20. The maximum absolute atomic E-state index is 13.8. The molecular weight excluding hydrogens is 334 g/mol. The van der Waals surface area contributed by atoms with Crippen molar-refractivity contribution in [3.63, 3.8) is 0 Å². The minimum Gasteiger partial charge on any atom is -0.357 e. The Bertz CT molecular complexity index is 1020. The van der Waals surface area contributed by atoms with Crippen LogP contribution in [0, 0.1) is 23.3 Å². The number of nitrogens with one attached hydrogen (secondary N) is 1.